The van der Waals surface area contributed by atoms with Crippen molar-refractivity contribution in [1.82, 2.24) is 10.2 Å². The maximum absolute atomic E-state index is 12.5. The highest BCUT2D eigenvalue weighted by atomic mass is 16.5. The van der Waals surface area contributed by atoms with Crippen LogP contribution < -0.4 is 5.32 Å². The van der Waals surface area contributed by atoms with Gasteiger partial charge in [-0.1, -0.05) is 44.2 Å². The minimum atomic E-state index is -0.338. The summed E-state index contributed by atoms with van der Waals surface area (Å²) in [5, 5.41) is 3.07. The van der Waals surface area contributed by atoms with Crippen molar-refractivity contribution >= 4 is 11.9 Å². The van der Waals surface area contributed by atoms with Crippen LogP contribution in [-0.2, 0) is 19.1 Å². The lowest BCUT2D eigenvalue weighted by Crippen LogP contribution is -2.43. The third-order valence-electron chi connectivity index (χ3n) is 3.78. The first-order valence-corrected chi connectivity index (χ1v) is 8.69. The molecule has 0 saturated carbocycles. The molecule has 0 aliphatic rings. The van der Waals surface area contributed by atoms with Crippen LogP contribution in [-0.4, -0.2) is 56.7 Å². The number of rotatable bonds is 11. The summed E-state index contributed by atoms with van der Waals surface area (Å²) in [6, 6.07) is 9.82. The van der Waals surface area contributed by atoms with Crippen molar-refractivity contribution in [3.8, 4) is 0 Å². The Balaban J connectivity index is 2.68. The van der Waals surface area contributed by atoms with E-state index in [0.717, 1.165) is 5.56 Å². The van der Waals surface area contributed by atoms with Gasteiger partial charge in [0.05, 0.1) is 32.3 Å². The molecule has 25 heavy (non-hydrogen) atoms. The van der Waals surface area contributed by atoms with Gasteiger partial charge in [-0.15, -0.1) is 0 Å². The fourth-order valence-electron chi connectivity index (χ4n) is 2.54. The molecule has 0 aromatic heterocycles. The Labute approximate surface area is 150 Å². The maximum atomic E-state index is 12.5. The fourth-order valence-corrected chi connectivity index (χ4v) is 2.54. The highest BCUT2D eigenvalue weighted by molar-refractivity contribution is 5.79. The highest BCUT2D eigenvalue weighted by Gasteiger charge is 2.21. The van der Waals surface area contributed by atoms with E-state index in [1.807, 2.05) is 30.3 Å². The predicted molar refractivity (Wildman–Crippen MR) is 97.1 cm³/mol. The Morgan fingerprint density at radius 3 is 2.40 bits per heavy atom. The van der Waals surface area contributed by atoms with Gasteiger partial charge in [-0.2, -0.15) is 0 Å². The van der Waals surface area contributed by atoms with Gasteiger partial charge in [0.2, 0.25) is 5.91 Å². The van der Waals surface area contributed by atoms with Gasteiger partial charge in [-0.05, 0) is 18.4 Å². The molecule has 0 bridgehead atoms. The van der Waals surface area contributed by atoms with E-state index in [9.17, 15) is 9.59 Å². The largest absolute Gasteiger partial charge is 0.465 e. The zero-order valence-electron chi connectivity index (χ0n) is 15.7. The van der Waals surface area contributed by atoms with Crippen molar-refractivity contribution < 1.29 is 19.1 Å². The zero-order chi connectivity index (χ0) is 18.7. The van der Waals surface area contributed by atoms with E-state index in [4.69, 9.17) is 9.47 Å². The number of hydrogen-bond acceptors (Lipinski definition) is 5. The van der Waals surface area contributed by atoms with Crippen molar-refractivity contribution in [1.29, 1.82) is 0 Å². The molecular weight excluding hydrogens is 320 g/mol. The molecule has 0 spiro atoms. The lowest BCUT2D eigenvalue weighted by Gasteiger charge is -2.25. The van der Waals surface area contributed by atoms with Gasteiger partial charge in [0, 0.05) is 13.7 Å². The van der Waals surface area contributed by atoms with Gasteiger partial charge < -0.3 is 14.8 Å². The number of benzene rings is 1. The Morgan fingerprint density at radius 1 is 1.16 bits per heavy atom. The number of hydrogen-bond donors (Lipinski definition) is 1. The minimum Gasteiger partial charge on any atom is -0.465 e. The first-order chi connectivity index (χ1) is 12.0. The summed E-state index contributed by atoms with van der Waals surface area (Å²) >= 11 is 0. The van der Waals surface area contributed by atoms with Crippen molar-refractivity contribution in [2.45, 2.75) is 26.8 Å². The van der Waals surface area contributed by atoms with Gasteiger partial charge in [-0.3, -0.25) is 14.5 Å². The summed E-state index contributed by atoms with van der Waals surface area (Å²) in [7, 11) is 1.59. The summed E-state index contributed by atoms with van der Waals surface area (Å²) in [6.45, 7) is 7.35. The van der Waals surface area contributed by atoms with E-state index in [1.165, 1.54) is 0 Å². The molecule has 0 saturated heterocycles. The van der Waals surface area contributed by atoms with Crippen molar-refractivity contribution in [3.63, 3.8) is 0 Å². The summed E-state index contributed by atoms with van der Waals surface area (Å²) in [6.07, 6.45) is 0. The second-order valence-electron chi connectivity index (χ2n) is 6.21. The van der Waals surface area contributed by atoms with Crippen LogP contribution >= 0.6 is 0 Å². The minimum absolute atomic E-state index is 0.0689. The number of methoxy groups -OCH3 is 1. The first-order valence-electron chi connectivity index (χ1n) is 8.69. The number of esters is 1. The van der Waals surface area contributed by atoms with E-state index in [2.05, 4.69) is 19.2 Å². The Kier molecular flexibility index (Phi) is 9.80. The molecule has 1 N–H and O–H groups in total. The van der Waals surface area contributed by atoms with Crippen molar-refractivity contribution in [2.24, 2.45) is 5.92 Å². The van der Waals surface area contributed by atoms with E-state index in [-0.39, 0.29) is 36.9 Å². The Hall–Kier alpha value is -1.92. The average Bonchev–Trinajstić information content (AvgIpc) is 2.58. The van der Waals surface area contributed by atoms with Crippen LogP contribution in [0.3, 0.4) is 0 Å². The SMILES string of the molecule is CCOC(=O)CN(CCOC)CC(=O)NC(c1ccccc1)C(C)C. The normalized spacial score (nSPS) is 12.2. The molecule has 1 aromatic rings. The number of amides is 1. The van der Waals surface area contributed by atoms with Gasteiger partial charge in [-0.25, -0.2) is 0 Å². The van der Waals surface area contributed by atoms with E-state index in [0.29, 0.717) is 19.8 Å². The van der Waals surface area contributed by atoms with E-state index < -0.39 is 0 Å². The molecule has 1 atom stereocenters. The molecule has 0 aliphatic heterocycles. The average molecular weight is 350 g/mol. The second kappa shape index (κ2) is 11.6. The molecule has 0 radical (unpaired) electrons. The van der Waals surface area contributed by atoms with Gasteiger partial charge in [0.15, 0.2) is 0 Å². The first kappa shape index (κ1) is 21.1. The van der Waals surface area contributed by atoms with Gasteiger partial charge >= 0.3 is 5.97 Å². The molecule has 1 rings (SSSR count). The Morgan fingerprint density at radius 2 is 1.84 bits per heavy atom. The van der Waals surface area contributed by atoms with Crippen LogP contribution in [0.5, 0.6) is 0 Å². The smallest absolute Gasteiger partial charge is 0.320 e. The monoisotopic (exact) mass is 350 g/mol. The molecule has 1 unspecified atom stereocenters. The van der Waals surface area contributed by atoms with Crippen LogP contribution in [0.25, 0.3) is 0 Å². The molecule has 0 aliphatic carbocycles. The van der Waals surface area contributed by atoms with Crippen LogP contribution in [0, 0.1) is 5.92 Å². The van der Waals surface area contributed by atoms with E-state index in [1.54, 1.807) is 18.9 Å². The van der Waals surface area contributed by atoms with Gasteiger partial charge in [0.25, 0.3) is 0 Å². The third-order valence-corrected chi connectivity index (χ3v) is 3.78. The molecule has 0 heterocycles. The summed E-state index contributed by atoms with van der Waals surface area (Å²) in [5.74, 6) is -0.207. The summed E-state index contributed by atoms with van der Waals surface area (Å²) in [4.78, 5) is 25.9. The molecule has 6 heteroatoms. The molecule has 1 aromatic carbocycles. The molecule has 6 nitrogen and oxygen atoms in total. The number of carbonyl (C=O) groups excluding carboxylic acids is 2. The molecular formula is C19H30N2O4. The van der Waals surface area contributed by atoms with Crippen LogP contribution in [0.1, 0.15) is 32.4 Å². The quantitative estimate of drug-likeness (QED) is 0.619. The fraction of sp³-hybridized carbons (Fsp3) is 0.579. The zero-order valence-corrected chi connectivity index (χ0v) is 15.7. The number of nitrogens with zero attached hydrogens (tertiary/aromatic N) is 1. The van der Waals surface area contributed by atoms with Crippen LogP contribution in [0.15, 0.2) is 30.3 Å². The van der Waals surface area contributed by atoms with Crippen molar-refractivity contribution in [3.05, 3.63) is 35.9 Å². The lowest BCUT2D eigenvalue weighted by molar-refractivity contribution is -0.144. The number of ether oxygens (including phenoxy) is 2. The Bertz CT molecular complexity index is 519. The van der Waals surface area contributed by atoms with E-state index >= 15 is 0 Å². The topological polar surface area (TPSA) is 67.9 Å². The summed E-state index contributed by atoms with van der Waals surface area (Å²) < 4.78 is 10.0. The molecule has 140 valence electrons. The van der Waals surface area contributed by atoms with Gasteiger partial charge in [0.1, 0.15) is 0 Å². The third kappa shape index (κ3) is 8.14. The van der Waals surface area contributed by atoms with Crippen LogP contribution in [0.4, 0.5) is 0 Å². The number of nitrogens with one attached hydrogen (secondary N) is 1. The highest BCUT2D eigenvalue weighted by Crippen LogP contribution is 2.21. The molecule has 0 fully saturated rings. The molecule has 1 amide bonds. The summed E-state index contributed by atoms with van der Waals surface area (Å²) in [5.41, 5.74) is 1.07. The maximum Gasteiger partial charge on any atom is 0.320 e. The number of carbonyl (C=O) groups is 2. The standard InChI is InChI=1S/C19H30N2O4/c1-5-25-18(23)14-21(11-12-24-4)13-17(22)20-19(15(2)3)16-9-7-6-8-10-16/h6-10,15,19H,5,11-14H2,1-4H3,(H,20,22). The lowest BCUT2D eigenvalue weighted by atomic mass is 9.96. The predicted octanol–water partition coefficient (Wildman–Crippen LogP) is 2.01. The van der Waals surface area contributed by atoms with Crippen molar-refractivity contribution in [2.75, 3.05) is 40.0 Å². The second-order valence-corrected chi connectivity index (χ2v) is 6.21. The van der Waals surface area contributed by atoms with Crippen LogP contribution in [0.2, 0.25) is 0 Å².